The van der Waals surface area contributed by atoms with Crippen molar-refractivity contribution in [1.82, 2.24) is 4.90 Å². The highest BCUT2D eigenvalue weighted by atomic mass is 16.5. The molecule has 0 aromatic carbocycles. The standard InChI is InChI=1S/C9H19NO3/c1-10(6-7-13-2)5-3-4-9(12)8-11/h8-9,12H,3-7H2,1-2H3. The summed E-state index contributed by atoms with van der Waals surface area (Å²) >= 11 is 0. The molecule has 0 radical (unpaired) electrons. The largest absolute Gasteiger partial charge is 0.386 e. The van der Waals surface area contributed by atoms with Crippen LogP contribution in [0.25, 0.3) is 0 Å². The van der Waals surface area contributed by atoms with Crippen LogP contribution >= 0.6 is 0 Å². The number of methoxy groups -OCH3 is 1. The molecule has 4 heteroatoms. The van der Waals surface area contributed by atoms with Gasteiger partial charge in [-0.3, -0.25) is 0 Å². The molecule has 0 rings (SSSR count). The monoisotopic (exact) mass is 189 g/mol. The molecule has 0 spiro atoms. The van der Waals surface area contributed by atoms with E-state index >= 15 is 0 Å². The van der Waals surface area contributed by atoms with Crippen molar-refractivity contribution in [3.63, 3.8) is 0 Å². The third kappa shape index (κ3) is 7.90. The van der Waals surface area contributed by atoms with Crippen LogP contribution in [0.15, 0.2) is 0 Å². The van der Waals surface area contributed by atoms with Crippen LogP contribution in [0.4, 0.5) is 0 Å². The second-order valence-electron chi connectivity index (χ2n) is 3.14. The number of hydrogen-bond donors (Lipinski definition) is 1. The third-order valence-electron chi connectivity index (χ3n) is 1.87. The van der Waals surface area contributed by atoms with Crippen molar-refractivity contribution >= 4 is 6.29 Å². The molecule has 0 fully saturated rings. The molecule has 0 aromatic rings. The van der Waals surface area contributed by atoms with Crippen LogP contribution in [0.2, 0.25) is 0 Å². The molecule has 0 bridgehead atoms. The van der Waals surface area contributed by atoms with Crippen molar-refractivity contribution in [3.05, 3.63) is 0 Å². The first-order valence-corrected chi connectivity index (χ1v) is 4.51. The first-order valence-electron chi connectivity index (χ1n) is 4.51. The van der Waals surface area contributed by atoms with E-state index in [-0.39, 0.29) is 0 Å². The minimum absolute atomic E-state index is 0.542. The van der Waals surface area contributed by atoms with Crippen molar-refractivity contribution < 1.29 is 14.6 Å². The average Bonchev–Trinajstić information content (AvgIpc) is 2.14. The maximum atomic E-state index is 10.1. The predicted octanol–water partition coefficient (Wildman–Crippen LogP) is -0.0954. The van der Waals surface area contributed by atoms with Gasteiger partial charge >= 0.3 is 0 Å². The second-order valence-corrected chi connectivity index (χ2v) is 3.14. The summed E-state index contributed by atoms with van der Waals surface area (Å²) in [7, 11) is 3.66. The number of ether oxygens (including phenoxy) is 1. The fourth-order valence-corrected chi connectivity index (χ4v) is 0.997. The molecule has 0 aliphatic carbocycles. The number of carbonyl (C=O) groups excluding carboxylic acids is 1. The predicted molar refractivity (Wildman–Crippen MR) is 50.7 cm³/mol. The fraction of sp³-hybridized carbons (Fsp3) is 0.889. The van der Waals surface area contributed by atoms with Crippen molar-refractivity contribution in [2.75, 3.05) is 33.9 Å². The van der Waals surface area contributed by atoms with E-state index in [1.54, 1.807) is 7.11 Å². The molecule has 0 saturated carbocycles. The van der Waals surface area contributed by atoms with E-state index < -0.39 is 6.10 Å². The lowest BCUT2D eigenvalue weighted by atomic mass is 10.2. The highest BCUT2D eigenvalue weighted by Gasteiger charge is 2.02. The fourth-order valence-electron chi connectivity index (χ4n) is 0.997. The number of rotatable bonds is 8. The molecule has 1 atom stereocenters. The molecular formula is C9H19NO3. The molecule has 0 amide bonds. The van der Waals surface area contributed by atoms with Crippen LogP contribution in [-0.2, 0) is 9.53 Å². The lowest BCUT2D eigenvalue weighted by Gasteiger charge is -2.15. The summed E-state index contributed by atoms with van der Waals surface area (Å²) in [6, 6.07) is 0. The third-order valence-corrected chi connectivity index (χ3v) is 1.87. The molecule has 4 nitrogen and oxygen atoms in total. The van der Waals surface area contributed by atoms with E-state index in [9.17, 15) is 4.79 Å². The van der Waals surface area contributed by atoms with Gasteiger partial charge in [-0.2, -0.15) is 0 Å². The Bertz CT molecular complexity index is 130. The highest BCUT2D eigenvalue weighted by Crippen LogP contribution is 1.96. The summed E-state index contributed by atoms with van der Waals surface area (Å²) in [5.74, 6) is 0. The molecule has 0 aromatic heterocycles. The van der Waals surface area contributed by atoms with E-state index in [4.69, 9.17) is 9.84 Å². The Morgan fingerprint density at radius 3 is 2.77 bits per heavy atom. The molecule has 0 saturated heterocycles. The van der Waals surface area contributed by atoms with Gasteiger partial charge in [-0.05, 0) is 26.4 Å². The topological polar surface area (TPSA) is 49.8 Å². The lowest BCUT2D eigenvalue weighted by molar-refractivity contribution is -0.115. The van der Waals surface area contributed by atoms with Crippen LogP contribution in [-0.4, -0.2) is 56.3 Å². The van der Waals surface area contributed by atoms with Crippen LogP contribution in [0.3, 0.4) is 0 Å². The Hall–Kier alpha value is -0.450. The van der Waals surface area contributed by atoms with E-state index in [2.05, 4.69) is 4.90 Å². The van der Waals surface area contributed by atoms with Crippen molar-refractivity contribution in [3.8, 4) is 0 Å². The van der Waals surface area contributed by atoms with Crippen LogP contribution in [0.1, 0.15) is 12.8 Å². The quantitative estimate of drug-likeness (QED) is 0.542. The molecular weight excluding hydrogens is 170 g/mol. The molecule has 1 unspecified atom stereocenters. The van der Waals surface area contributed by atoms with E-state index in [1.165, 1.54) is 0 Å². The van der Waals surface area contributed by atoms with E-state index in [0.717, 1.165) is 19.5 Å². The number of likely N-dealkylation sites (N-methyl/N-ethyl adjacent to an activating group) is 1. The van der Waals surface area contributed by atoms with Gasteiger partial charge in [0.15, 0.2) is 0 Å². The summed E-state index contributed by atoms with van der Waals surface area (Å²) in [6.07, 6.45) is 1.16. The van der Waals surface area contributed by atoms with Gasteiger partial charge in [0.2, 0.25) is 0 Å². The van der Waals surface area contributed by atoms with Crippen molar-refractivity contribution in [2.24, 2.45) is 0 Å². The molecule has 0 heterocycles. The molecule has 1 N–H and O–H groups in total. The zero-order chi connectivity index (χ0) is 10.1. The Morgan fingerprint density at radius 1 is 1.54 bits per heavy atom. The average molecular weight is 189 g/mol. The number of nitrogens with zero attached hydrogens (tertiary/aromatic N) is 1. The van der Waals surface area contributed by atoms with Gasteiger partial charge in [0, 0.05) is 13.7 Å². The van der Waals surface area contributed by atoms with Gasteiger partial charge in [0.05, 0.1) is 6.61 Å². The lowest BCUT2D eigenvalue weighted by Crippen LogP contribution is -2.24. The first-order chi connectivity index (χ1) is 6.20. The second kappa shape index (κ2) is 8.16. The maximum absolute atomic E-state index is 10.1. The van der Waals surface area contributed by atoms with Gasteiger partial charge in [0.1, 0.15) is 12.4 Å². The Balaban J connectivity index is 3.25. The SMILES string of the molecule is COCCN(C)CCCC(O)C=O. The molecule has 78 valence electrons. The Labute approximate surface area is 79.5 Å². The molecule has 0 aliphatic rings. The molecule has 13 heavy (non-hydrogen) atoms. The summed E-state index contributed by atoms with van der Waals surface area (Å²) in [6.45, 7) is 2.48. The number of hydrogen-bond acceptors (Lipinski definition) is 4. The van der Waals surface area contributed by atoms with Gasteiger partial charge < -0.3 is 19.5 Å². The molecule has 0 aliphatic heterocycles. The van der Waals surface area contributed by atoms with Crippen LogP contribution in [0, 0.1) is 0 Å². The van der Waals surface area contributed by atoms with Crippen LogP contribution < -0.4 is 0 Å². The van der Waals surface area contributed by atoms with Gasteiger partial charge in [-0.15, -0.1) is 0 Å². The van der Waals surface area contributed by atoms with E-state index in [1.807, 2.05) is 7.05 Å². The number of carbonyl (C=O) groups is 1. The Kier molecular flexibility index (Phi) is 7.88. The summed E-state index contributed by atoms with van der Waals surface area (Å²) < 4.78 is 4.91. The van der Waals surface area contributed by atoms with E-state index in [0.29, 0.717) is 19.3 Å². The van der Waals surface area contributed by atoms with Gasteiger partial charge in [-0.1, -0.05) is 0 Å². The van der Waals surface area contributed by atoms with Gasteiger partial charge in [-0.25, -0.2) is 0 Å². The maximum Gasteiger partial charge on any atom is 0.148 e. The smallest absolute Gasteiger partial charge is 0.148 e. The summed E-state index contributed by atoms with van der Waals surface area (Å²) in [4.78, 5) is 12.2. The number of aliphatic hydroxyl groups excluding tert-OH is 1. The number of aldehydes is 1. The normalized spacial score (nSPS) is 13.2. The number of aliphatic hydroxyl groups is 1. The first kappa shape index (κ1) is 12.6. The minimum atomic E-state index is -0.796. The minimum Gasteiger partial charge on any atom is -0.386 e. The summed E-state index contributed by atoms with van der Waals surface area (Å²) in [5, 5.41) is 8.94. The zero-order valence-electron chi connectivity index (χ0n) is 8.40. The van der Waals surface area contributed by atoms with Crippen molar-refractivity contribution in [1.29, 1.82) is 0 Å². The zero-order valence-corrected chi connectivity index (χ0v) is 8.40. The van der Waals surface area contributed by atoms with Gasteiger partial charge in [0.25, 0.3) is 0 Å². The Morgan fingerprint density at radius 2 is 2.23 bits per heavy atom. The highest BCUT2D eigenvalue weighted by molar-refractivity contribution is 5.55. The van der Waals surface area contributed by atoms with Crippen LogP contribution in [0.5, 0.6) is 0 Å². The van der Waals surface area contributed by atoms with Crippen molar-refractivity contribution in [2.45, 2.75) is 18.9 Å². The summed E-state index contributed by atoms with van der Waals surface area (Å²) in [5.41, 5.74) is 0.